The number of rotatable bonds is 18. The maximum absolute atomic E-state index is 12.6. The maximum atomic E-state index is 12.6. The molecule has 1 N–H and O–H groups in total. The molecule has 0 aromatic heterocycles. The molecule has 0 rings (SSSR count). The van der Waals surface area contributed by atoms with Gasteiger partial charge in [-0.15, -0.1) is 0 Å². The Labute approximate surface area is 175 Å². The summed E-state index contributed by atoms with van der Waals surface area (Å²) in [5.74, 6) is -0.348. The van der Waals surface area contributed by atoms with Crippen molar-refractivity contribution >= 4 is 7.60 Å². The normalized spacial score (nSPS) is 16.1. The molecule has 2 unspecified atom stereocenters. The van der Waals surface area contributed by atoms with Crippen molar-refractivity contribution in [2.24, 2.45) is 0 Å². The molecule has 0 amide bonds. The van der Waals surface area contributed by atoms with Crippen LogP contribution in [0.15, 0.2) is 24.3 Å². The first-order valence-electron chi connectivity index (χ1n) is 11.3. The third-order valence-electron chi connectivity index (χ3n) is 4.91. The van der Waals surface area contributed by atoms with E-state index in [1.807, 2.05) is 28.1 Å². The van der Waals surface area contributed by atoms with Gasteiger partial charge in [-0.1, -0.05) is 51.0 Å². The van der Waals surface area contributed by atoms with Crippen molar-refractivity contribution in [2.45, 2.75) is 96.7 Å². The molecule has 0 spiro atoms. The molecule has 0 aliphatic heterocycles. The first kappa shape index (κ1) is 27.6. The van der Waals surface area contributed by atoms with Crippen LogP contribution in [0.2, 0.25) is 0 Å². The zero-order valence-electron chi connectivity index (χ0n) is 19.2. The van der Waals surface area contributed by atoms with Gasteiger partial charge in [0.2, 0.25) is 0 Å². The van der Waals surface area contributed by atoms with E-state index in [0.29, 0.717) is 17.5 Å². The van der Waals surface area contributed by atoms with E-state index in [1.165, 1.54) is 38.5 Å². The second-order valence-corrected chi connectivity index (χ2v) is 10.6. The van der Waals surface area contributed by atoms with Gasteiger partial charge in [-0.25, -0.2) is 0 Å². The van der Waals surface area contributed by atoms with Gasteiger partial charge in [0.15, 0.2) is 5.78 Å². The van der Waals surface area contributed by atoms with Crippen molar-refractivity contribution in [1.82, 2.24) is 0 Å². The molecule has 5 heteroatoms. The minimum Gasteiger partial charge on any atom is -0.320 e. The van der Waals surface area contributed by atoms with Gasteiger partial charge in [0.1, 0.15) is 0 Å². The average molecular weight is 417 g/mol. The largest absolute Gasteiger partial charge is 0.385 e. The summed E-state index contributed by atoms with van der Waals surface area (Å²) in [5, 5.41) is 0. The van der Waals surface area contributed by atoms with Gasteiger partial charge in [-0.3, -0.25) is 4.57 Å². The molecule has 28 heavy (non-hydrogen) atoms. The zero-order valence-corrected chi connectivity index (χ0v) is 20.1. The van der Waals surface area contributed by atoms with E-state index < -0.39 is 7.60 Å². The Kier molecular flexibility index (Phi) is 16.2. The first-order valence-corrected chi connectivity index (χ1v) is 13.0. The van der Waals surface area contributed by atoms with Crippen LogP contribution in [0.3, 0.4) is 0 Å². The smallest absolute Gasteiger partial charge is 0.320 e. The zero-order chi connectivity index (χ0) is 21.3. The van der Waals surface area contributed by atoms with Crippen LogP contribution in [0.4, 0.5) is 0 Å². The Morgan fingerprint density at radius 3 is 1.71 bits per heavy atom. The van der Waals surface area contributed by atoms with Gasteiger partial charge in [0.05, 0.1) is 27.7 Å². The van der Waals surface area contributed by atoms with Crippen LogP contribution in [0.5, 0.6) is 0 Å². The molecule has 0 aromatic carbocycles. The minimum absolute atomic E-state index is 0.348. The highest BCUT2D eigenvalue weighted by Gasteiger charge is 2.41. The molecule has 0 aliphatic rings. The summed E-state index contributed by atoms with van der Waals surface area (Å²) in [4.78, 5) is 10.3. The lowest BCUT2D eigenvalue weighted by Gasteiger charge is -2.35. The Bertz CT molecular complexity index is 469. The second kappa shape index (κ2) is 16.4. The molecule has 166 valence electrons. The number of unbranched alkanes of at least 4 members (excludes halogenated alkanes) is 7. The molecule has 0 radical (unpaired) electrons. The van der Waals surface area contributed by atoms with E-state index >= 15 is 0 Å². The topological polar surface area (TPSA) is 46.5 Å². The molecule has 0 bridgehead atoms. The van der Waals surface area contributed by atoms with Gasteiger partial charge in [-0.05, 0) is 57.8 Å². The van der Waals surface area contributed by atoms with E-state index in [2.05, 4.69) is 31.2 Å². The van der Waals surface area contributed by atoms with Crippen LogP contribution >= 0.6 is 7.60 Å². The monoisotopic (exact) mass is 416 g/mol. The molecule has 0 saturated heterocycles. The van der Waals surface area contributed by atoms with E-state index in [4.69, 9.17) is 4.52 Å². The molecule has 0 heterocycles. The van der Waals surface area contributed by atoms with Crippen LogP contribution in [-0.2, 0) is 9.09 Å². The van der Waals surface area contributed by atoms with E-state index in [0.717, 1.165) is 32.1 Å². The minimum atomic E-state index is -3.58. The fourth-order valence-corrected chi connectivity index (χ4v) is 5.23. The fourth-order valence-electron chi connectivity index (χ4n) is 3.21. The molecule has 2 atom stereocenters. The quantitative estimate of drug-likeness (QED) is 0.113. The Morgan fingerprint density at radius 1 is 0.821 bits per heavy atom. The summed E-state index contributed by atoms with van der Waals surface area (Å²) in [7, 11) is 2.30. The molecule has 0 aliphatic carbocycles. The number of hydrogen-bond donors (Lipinski definition) is 1. The molecular formula is C23H47NO3P+. The summed E-state index contributed by atoms with van der Waals surface area (Å²) in [6.45, 7) is 4.64. The molecule has 0 aromatic rings. The maximum Gasteiger partial charge on any atom is 0.385 e. The van der Waals surface area contributed by atoms with Gasteiger partial charge in [-0.2, -0.15) is 0 Å². The molecular weight excluding hydrogens is 369 g/mol. The van der Waals surface area contributed by atoms with Gasteiger partial charge in [0, 0.05) is 6.42 Å². The van der Waals surface area contributed by atoms with Gasteiger partial charge < -0.3 is 13.9 Å². The van der Waals surface area contributed by atoms with Crippen molar-refractivity contribution in [1.29, 1.82) is 0 Å². The van der Waals surface area contributed by atoms with E-state index in [-0.39, 0.29) is 5.78 Å². The van der Waals surface area contributed by atoms with Gasteiger partial charge in [0.25, 0.3) is 0 Å². The predicted molar refractivity (Wildman–Crippen MR) is 123 cm³/mol. The molecule has 0 fully saturated rings. The molecule has 4 nitrogen and oxygen atoms in total. The Hall–Kier alpha value is -0.410. The Balaban J connectivity index is 3.78. The highest BCUT2D eigenvalue weighted by molar-refractivity contribution is 7.53. The standard InChI is InChI=1S/C23H46NO3P/c1-6-8-9-10-11-12-13-14-15-16-17-18-19-20-22-27-28(25,26)23(21-7-2)24(3,4)5/h10-11,16-17,23H,6-9,12-15,18-22H2,1-5H3/p+1. The summed E-state index contributed by atoms with van der Waals surface area (Å²) in [5.41, 5.74) is 0. The van der Waals surface area contributed by atoms with Crippen LogP contribution in [0.1, 0.15) is 90.9 Å². The number of quaternary nitrogens is 1. The first-order chi connectivity index (χ1) is 13.3. The van der Waals surface area contributed by atoms with Crippen molar-refractivity contribution in [3.05, 3.63) is 24.3 Å². The SMILES string of the molecule is CCCCC=CCCCCC=CCCCCOP(=O)(O)C(CCC)[N+](C)(C)C. The van der Waals surface area contributed by atoms with Crippen LogP contribution in [0.25, 0.3) is 0 Å². The summed E-state index contributed by atoms with van der Waals surface area (Å²) < 4.78 is 18.5. The van der Waals surface area contributed by atoms with Gasteiger partial charge >= 0.3 is 7.60 Å². The number of hydrogen-bond acceptors (Lipinski definition) is 2. The average Bonchev–Trinajstić information content (AvgIpc) is 2.61. The van der Waals surface area contributed by atoms with E-state index in [9.17, 15) is 9.46 Å². The fraction of sp³-hybridized carbons (Fsp3) is 0.826. The Morgan fingerprint density at radius 2 is 1.29 bits per heavy atom. The van der Waals surface area contributed by atoms with Crippen molar-refractivity contribution in [2.75, 3.05) is 27.7 Å². The van der Waals surface area contributed by atoms with E-state index in [1.54, 1.807) is 0 Å². The van der Waals surface area contributed by atoms with Crippen molar-refractivity contribution in [3.63, 3.8) is 0 Å². The van der Waals surface area contributed by atoms with Crippen LogP contribution < -0.4 is 0 Å². The van der Waals surface area contributed by atoms with Crippen LogP contribution in [0, 0.1) is 0 Å². The lowest BCUT2D eigenvalue weighted by molar-refractivity contribution is -0.883. The highest BCUT2D eigenvalue weighted by atomic mass is 31.2. The predicted octanol–water partition coefficient (Wildman–Crippen LogP) is 7.05. The lowest BCUT2D eigenvalue weighted by atomic mass is 10.1. The molecule has 0 saturated carbocycles. The number of allylic oxidation sites excluding steroid dienone is 4. The summed E-state index contributed by atoms with van der Waals surface area (Å²) >= 11 is 0. The van der Waals surface area contributed by atoms with Crippen molar-refractivity contribution < 1.29 is 18.5 Å². The lowest BCUT2D eigenvalue weighted by Crippen LogP contribution is -2.45. The summed E-state index contributed by atoms with van der Waals surface area (Å²) in [6, 6.07) is 0. The second-order valence-electron chi connectivity index (χ2n) is 8.65. The summed E-state index contributed by atoms with van der Waals surface area (Å²) in [6.07, 6.45) is 22.2. The van der Waals surface area contributed by atoms with Crippen LogP contribution in [-0.4, -0.2) is 42.9 Å². The number of nitrogens with zero attached hydrogens (tertiary/aromatic N) is 1. The van der Waals surface area contributed by atoms with Crippen molar-refractivity contribution in [3.8, 4) is 0 Å². The highest BCUT2D eigenvalue weighted by Crippen LogP contribution is 2.51. The third kappa shape index (κ3) is 14.6. The third-order valence-corrected chi connectivity index (χ3v) is 7.17.